The van der Waals surface area contributed by atoms with Crippen LogP contribution in [0.1, 0.15) is 50.1 Å². The zero-order chi connectivity index (χ0) is 41.5. The fourth-order valence-corrected chi connectivity index (χ4v) is 13.8. The maximum absolute atomic E-state index is 14.1. The lowest BCUT2D eigenvalue weighted by Crippen LogP contribution is -2.67. The van der Waals surface area contributed by atoms with E-state index in [0.717, 1.165) is 16.7 Å². The number of anilines is 1. The van der Waals surface area contributed by atoms with E-state index in [0.29, 0.717) is 22.5 Å². The van der Waals surface area contributed by atoms with Crippen molar-refractivity contribution in [3.63, 3.8) is 0 Å². The summed E-state index contributed by atoms with van der Waals surface area (Å²) in [5.41, 5.74) is 2.04. The minimum Gasteiger partial charge on any atom is -0.469 e. The Balaban J connectivity index is 1.37. The van der Waals surface area contributed by atoms with Crippen molar-refractivity contribution in [2.45, 2.75) is 50.1 Å². The third-order valence-corrected chi connectivity index (χ3v) is 17.0. The van der Waals surface area contributed by atoms with Gasteiger partial charge in [0.1, 0.15) is 5.82 Å². The third kappa shape index (κ3) is 8.71. The molecule has 1 aliphatic rings. The fraction of sp³-hybridized carbons (Fsp3) is 0.271. The fourth-order valence-electron chi connectivity index (χ4n) is 8.56. The second-order valence-electron chi connectivity index (χ2n) is 15.8. The van der Waals surface area contributed by atoms with Crippen molar-refractivity contribution in [1.82, 2.24) is 14.5 Å². The van der Waals surface area contributed by atoms with E-state index in [-0.39, 0.29) is 30.6 Å². The van der Waals surface area contributed by atoms with Gasteiger partial charge < -0.3 is 19.2 Å². The number of morpholine rings is 1. The molecule has 2 atom stereocenters. The molecule has 11 heteroatoms. The summed E-state index contributed by atoms with van der Waals surface area (Å²) in [6.07, 6.45) is 0.740. The number of carbonyl (C=O) groups is 1. The van der Waals surface area contributed by atoms with Gasteiger partial charge >= 0.3 is 11.7 Å². The highest BCUT2D eigenvalue weighted by Crippen LogP contribution is 2.45. The van der Waals surface area contributed by atoms with Crippen LogP contribution in [0, 0.1) is 3.57 Å². The summed E-state index contributed by atoms with van der Waals surface area (Å²) < 4.78 is 21.7. The molecule has 1 N–H and O–H groups in total. The highest BCUT2D eigenvalue weighted by molar-refractivity contribution is 14.1. The first kappa shape index (κ1) is 42.2. The van der Waals surface area contributed by atoms with E-state index < -0.39 is 31.9 Å². The predicted octanol–water partition coefficient (Wildman–Crippen LogP) is 7.59. The normalized spacial score (nSPS) is 16.4. The van der Waals surface area contributed by atoms with Gasteiger partial charge in [0.25, 0.3) is 8.32 Å². The number of ether oxygens (including phenoxy) is 2. The van der Waals surface area contributed by atoms with Crippen LogP contribution in [0.3, 0.4) is 0 Å². The lowest BCUT2D eigenvalue weighted by molar-refractivity contribution is -0.149. The smallest absolute Gasteiger partial charge is 0.351 e. The SMILES string of the molecule is COC(=O)CCNc1nc(=O)n([C@H]2CN(C(c3ccccc3)(c3ccccc3)c3ccccc3)C[C@@H](CO[Si](c3ccccc3)(c3ccccc3)C(C)(C)C)O2)cc1I. The molecule has 2 heterocycles. The topological polar surface area (TPSA) is 94.9 Å². The molecule has 6 aromatic rings. The Hall–Kier alpha value is -4.92. The van der Waals surface area contributed by atoms with Crippen LogP contribution in [0.4, 0.5) is 5.82 Å². The van der Waals surface area contributed by atoms with Gasteiger partial charge in [-0.15, -0.1) is 0 Å². The number of halogens is 1. The largest absolute Gasteiger partial charge is 0.469 e. The van der Waals surface area contributed by atoms with Crippen LogP contribution < -0.4 is 21.4 Å². The van der Waals surface area contributed by atoms with E-state index >= 15 is 0 Å². The maximum Gasteiger partial charge on any atom is 0.351 e. The lowest BCUT2D eigenvalue weighted by atomic mass is 9.75. The van der Waals surface area contributed by atoms with Crippen molar-refractivity contribution < 1.29 is 18.7 Å². The van der Waals surface area contributed by atoms with E-state index in [1.54, 1.807) is 10.8 Å². The van der Waals surface area contributed by atoms with Crippen LogP contribution in [0.25, 0.3) is 0 Å². The van der Waals surface area contributed by atoms with Crippen molar-refractivity contribution in [2.24, 2.45) is 0 Å². The van der Waals surface area contributed by atoms with Crippen LogP contribution in [0.5, 0.6) is 0 Å². The van der Waals surface area contributed by atoms with E-state index in [1.165, 1.54) is 17.5 Å². The molecule has 1 fully saturated rings. The molecule has 0 unspecified atom stereocenters. The van der Waals surface area contributed by atoms with Gasteiger partial charge in [-0.25, -0.2) is 4.79 Å². The first-order valence-electron chi connectivity index (χ1n) is 20.0. The first-order valence-corrected chi connectivity index (χ1v) is 23.0. The van der Waals surface area contributed by atoms with E-state index in [4.69, 9.17) is 13.9 Å². The summed E-state index contributed by atoms with van der Waals surface area (Å²) in [5, 5.41) is 5.25. The van der Waals surface area contributed by atoms with E-state index in [1.807, 2.05) is 30.3 Å². The molecule has 1 saturated heterocycles. The van der Waals surface area contributed by atoms with Crippen molar-refractivity contribution in [3.8, 4) is 0 Å². The molecular weight excluding hydrogens is 868 g/mol. The Kier molecular flexibility index (Phi) is 13.3. The minimum absolute atomic E-state index is 0.144. The second-order valence-corrected chi connectivity index (χ2v) is 21.2. The zero-order valence-corrected chi connectivity index (χ0v) is 37.1. The molecule has 5 aromatic carbocycles. The van der Waals surface area contributed by atoms with Crippen molar-refractivity contribution in [1.29, 1.82) is 0 Å². The summed E-state index contributed by atoms with van der Waals surface area (Å²) in [6, 6.07) is 53.0. The molecule has 0 saturated carbocycles. The number of methoxy groups -OCH3 is 1. The number of rotatable bonds is 14. The molecule has 1 aliphatic heterocycles. The van der Waals surface area contributed by atoms with Crippen LogP contribution in [-0.4, -0.2) is 68.2 Å². The number of hydrogen-bond acceptors (Lipinski definition) is 8. The first-order chi connectivity index (χ1) is 28.6. The number of hydrogen-bond donors (Lipinski definition) is 1. The van der Waals surface area contributed by atoms with Gasteiger partial charge in [0.15, 0.2) is 6.23 Å². The number of benzene rings is 5. The average Bonchev–Trinajstić information content (AvgIpc) is 3.26. The third-order valence-electron chi connectivity index (χ3n) is 11.2. The van der Waals surface area contributed by atoms with Gasteiger partial charge in [0, 0.05) is 25.8 Å². The molecule has 7 rings (SSSR count). The molecular formula is C48H51IN4O5Si. The highest BCUT2D eigenvalue weighted by atomic mass is 127. The number of aromatic nitrogens is 2. The summed E-state index contributed by atoms with van der Waals surface area (Å²) in [6.45, 7) is 8.24. The van der Waals surface area contributed by atoms with Crippen molar-refractivity contribution in [3.05, 3.63) is 189 Å². The number of nitrogens with one attached hydrogen (secondary N) is 1. The van der Waals surface area contributed by atoms with Gasteiger partial charge in [0.05, 0.1) is 35.4 Å². The van der Waals surface area contributed by atoms with E-state index in [2.05, 4.69) is 180 Å². The highest BCUT2D eigenvalue weighted by Gasteiger charge is 2.52. The lowest BCUT2D eigenvalue weighted by Gasteiger charge is -2.51. The molecule has 59 heavy (non-hydrogen) atoms. The summed E-state index contributed by atoms with van der Waals surface area (Å²) in [7, 11) is -1.61. The number of esters is 1. The monoisotopic (exact) mass is 918 g/mol. The Morgan fingerprint density at radius 3 is 1.71 bits per heavy atom. The molecule has 304 valence electrons. The van der Waals surface area contributed by atoms with Gasteiger partial charge in [0.2, 0.25) is 0 Å². The second kappa shape index (κ2) is 18.6. The summed E-state index contributed by atoms with van der Waals surface area (Å²) in [4.78, 5) is 32.9. The molecule has 9 nitrogen and oxygen atoms in total. The van der Waals surface area contributed by atoms with Crippen LogP contribution in [-0.2, 0) is 24.2 Å². The van der Waals surface area contributed by atoms with E-state index in [9.17, 15) is 9.59 Å². The predicted molar refractivity (Wildman–Crippen MR) is 245 cm³/mol. The van der Waals surface area contributed by atoms with Crippen LogP contribution in [0.2, 0.25) is 5.04 Å². The van der Waals surface area contributed by atoms with Crippen LogP contribution >= 0.6 is 22.6 Å². The zero-order valence-electron chi connectivity index (χ0n) is 34.0. The molecule has 0 radical (unpaired) electrons. The van der Waals surface area contributed by atoms with Crippen LogP contribution in [0.15, 0.2) is 163 Å². The van der Waals surface area contributed by atoms with Gasteiger partial charge in [-0.05, 0) is 54.7 Å². The molecule has 0 spiro atoms. The Morgan fingerprint density at radius 2 is 1.25 bits per heavy atom. The molecule has 1 aromatic heterocycles. The summed E-state index contributed by atoms with van der Waals surface area (Å²) >= 11 is 2.18. The molecule has 0 bridgehead atoms. The Morgan fingerprint density at radius 1 is 0.780 bits per heavy atom. The summed E-state index contributed by atoms with van der Waals surface area (Å²) in [5.74, 6) is 0.0591. The van der Waals surface area contributed by atoms with Gasteiger partial charge in [-0.1, -0.05) is 172 Å². The average molecular weight is 919 g/mol. The number of nitrogens with zero attached hydrogens (tertiary/aromatic N) is 3. The quantitative estimate of drug-likeness (QED) is 0.0518. The number of carbonyl (C=O) groups excluding carboxylic acids is 1. The molecule has 0 aliphatic carbocycles. The maximum atomic E-state index is 14.1. The van der Waals surface area contributed by atoms with Crippen molar-refractivity contribution >= 4 is 53.1 Å². The van der Waals surface area contributed by atoms with Crippen molar-refractivity contribution in [2.75, 3.05) is 38.7 Å². The Labute approximate surface area is 361 Å². The molecule has 0 amide bonds. The standard InChI is InChI=1S/C48H51IN4O5Si/c1-47(2,3)59(40-26-16-8-17-27-40,41-28-18-9-19-29-41)57-35-39-32-52(34-43(58-39)53-33-42(49)45(51-46(53)55)50-31-30-44(54)56-4)48(36-20-10-5-11-21-36,37-22-12-6-13-23-37)38-24-14-7-15-25-38/h5-29,33,39,43H,30-32,34-35H2,1-4H3,(H,50,51,55)/t39-,43+/m0/s1. The van der Waals surface area contributed by atoms with Gasteiger partial charge in [-0.3, -0.25) is 14.3 Å². The minimum atomic E-state index is -2.97. The Bertz CT molecular complexity index is 2210. The van der Waals surface area contributed by atoms with Gasteiger partial charge in [-0.2, -0.15) is 4.98 Å².